The van der Waals surface area contributed by atoms with Gasteiger partial charge in [0.2, 0.25) is 11.8 Å². The van der Waals surface area contributed by atoms with Gasteiger partial charge in [-0.2, -0.15) is 0 Å². The van der Waals surface area contributed by atoms with Crippen molar-refractivity contribution in [2.24, 2.45) is 0 Å². The van der Waals surface area contributed by atoms with E-state index in [0.29, 0.717) is 23.6 Å². The second kappa shape index (κ2) is 11.2. The van der Waals surface area contributed by atoms with Gasteiger partial charge in [0, 0.05) is 23.1 Å². The first kappa shape index (κ1) is 21.6. The number of anilines is 2. The first-order valence-corrected chi connectivity index (χ1v) is 10.1. The first-order valence-electron chi connectivity index (χ1n) is 9.10. The van der Waals surface area contributed by atoms with E-state index in [-0.39, 0.29) is 17.6 Å². The average molecular weight is 403 g/mol. The number of carbonyl (C=O) groups excluding carboxylic acids is 2. The van der Waals surface area contributed by atoms with Gasteiger partial charge in [-0.25, -0.2) is 0 Å². The number of methoxy groups -OCH3 is 2. The van der Waals surface area contributed by atoms with Crippen molar-refractivity contribution >= 4 is 35.0 Å². The van der Waals surface area contributed by atoms with Crippen LogP contribution in [0.1, 0.15) is 26.2 Å². The van der Waals surface area contributed by atoms with Crippen LogP contribution in [0, 0.1) is 0 Å². The Morgan fingerprint density at radius 1 is 0.964 bits per heavy atom. The Morgan fingerprint density at radius 2 is 1.71 bits per heavy atom. The van der Waals surface area contributed by atoms with Gasteiger partial charge in [0.1, 0.15) is 11.5 Å². The van der Waals surface area contributed by atoms with E-state index in [1.54, 1.807) is 32.4 Å². The zero-order valence-corrected chi connectivity index (χ0v) is 17.2. The molecule has 6 nitrogen and oxygen atoms in total. The molecule has 0 aliphatic rings. The Kier molecular flexibility index (Phi) is 8.68. The van der Waals surface area contributed by atoms with Crippen molar-refractivity contribution in [2.45, 2.75) is 31.1 Å². The number of nitrogens with one attached hydrogen (secondary N) is 2. The van der Waals surface area contributed by atoms with Crippen LogP contribution in [-0.4, -0.2) is 31.8 Å². The molecular formula is C21H26N2O4S. The van der Waals surface area contributed by atoms with Gasteiger partial charge in [0.25, 0.3) is 0 Å². The molecule has 0 unspecified atom stereocenters. The summed E-state index contributed by atoms with van der Waals surface area (Å²) in [6, 6.07) is 12.7. The van der Waals surface area contributed by atoms with Crippen LogP contribution in [0.2, 0.25) is 0 Å². The number of rotatable bonds is 10. The van der Waals surface area contributed by atoms with Crippen LogP contribution in [0.3, 0.4) is 0 Å². The average Bonchev–Trinajstić information content (AvgIpc) is 2.71. The summed E-state index contributed by atoms with van der Waals surface area (Å²) in [5.41, 5.74) is 1.33. The highest BCUT2D eigenvalue weighted by Gasteiger charge is 2.10. The number of unbranched alkanes of at least 4 members (excludes halogenated alkanes) is 1. The fourth-order valence-electron chi connectivity index (χ4n) is 2.44. The molecule has 0 aliphatic heterocycles. The molecule has 2 aromatic carbocycles. The number of hydrogen-bond acceptors (Lipinski definition) is 5. The highest BCUT2D eigenvalue weighted by Crippen LogP contribution is 2.29. The molecule has 0 heterocycles. The van der Waals surface area contributed by atoms with E-state index in [4.69, 9.17) is 9.47 Å². The fraction of sp³-hybridized carbons (Fsp3) is 0.333. The minimum absolute atomic E-state index is 0.0221. The van der Waals surface area contributed by atoms with Crippen LogP contribution >= 0.6 is 11.8 Å². The lowest BCUT2D eigenvalue weighted by Gasteiger charge is -2.11. The molecule has 0 radical (unpaired) electrons. The molecule has 2 N–H and O–H groups in total. The van der Waals surface area contributed by atoms with Gasteiger partial charge in [-0.15, -0.1) is 11.8 Å². The Bertz CT molecular complexity index is 793. The number of ether oxygens (including phenoxy) is 2. The molecule has 0 aromatic heterocycles. The molecule has 0 spiro atoms. The van der Waals surface area contributed by atoms with Gasteiger partial charge in [0.05, 0.1) is 25.7 Å². The third-order valence-electron chi connectivity index (χ3n) is 3.95. The first-order chi connectivity index (χ1) is 13.5. The topological polar surface area (TPSA) is 76.7 Å². The highest BCUT2D eigenvalue weighted by atomic mass is 32.2. The Balaban J connectivity index is 1.87. The number of amides is 2. The van der Waals surface area contributed by atoms with Crippen molar-refractivity contribution in [2.75, 3.05) is 30.6 Å². The molecule has 0 saturated heterocycles. The van der Waals surface area contributed by atoms with Crippen LogP contribution in [0.5, 0.6) is 11.5 Å². The summed E-state index contributed by atoms with van der Waals surface area (Å²) >= 11 is 1.42. The fourth-order valence-corrected chi connectivity index (χ4v) is 3.14. The molecule has 28 heavy (non-hydrogen) atoms. The predicted octanol–water partition coefficient (Wildman–Crippen LogP) is 4.56. The monoisotopic (exact) mass is 402 g/mol. The Labute approximate surface area is 170 Å². The summed E-state index contributed by atoms with van der Waals surface area (Å²) in [5, 5.41) is 5.71. The van der Waals surface area contributed by atoms with Crippen LogP contribution in [0.15, 0.2) is 47.4 Å². The van der Waals surface area contributed by atoms with E-state index in [0.717, 1.165) is 23.4 Å². The van der Waals surface area contributed by atoms with E-state index in [9.17, 15) is 9.59 Å². The SMILES string of the molecule is CCCCC(=O)Nc1ccc(SCC(=O)Nc2cc(OC)ccc2OC)cc1. The maximum Gasteiger partial charge on any atom is 0.234 e. The van der Waals surface area contributed by atoms with Gasteiger partial charge in [0.15, 0.2) is 0 Å². The minimum atomic E-state index is -0.145. The van der Waals surface area contributed by atoms with E-state index >= 15 is 0 Å². The highest BCUT2D eigenvalue weighted by molar-refractivity contribution is 8.00. The molecule has 0 aliphatic carbocycles. The van der Waals surface area contributed by atoms with Gasteiger partial charge in [-0.3, -0.25) is 9.59 Å². The summed E-state index contributed by atoms with van der Waals surface area (Å²) in [6.45, 7) is 2.06. The van der Waals surface area contributed by atoms with Crippen LogP contribution in [0.4, 0.5) is 11.4 Å². The Morgan fingerprint density at radius 3 is 2.36 bits per heavy atom. The number of benzene rings is 2. The molecular weight excluding hydrogens is 376 g/mol. The van der Waals surface area contributed by atoms with E-state index in [1.807, 2.05) is 24.3 Å². The maximum absolute atomic E-state index is 12.3. The van der Waals surface area contributed by atoms with Crippen molar-refractivity contribution in [3.8, 4) is 11.5 Å². The lowest BCUT2D eigenvalue weighted by molar-refractivity contribution is -0.116. The third-order valence-corrected chi connectivity index (χ3v) is 4.96. The molecule has 7 heteroatoms. The minimum Gasteiger partial charge on any atom is -0.497 e. The van der Waals surface area contributed by atoms with Crippen molar-refractivity contribution in [1.82, 2.24) is 0 Å². The van der Waals surface area contributed by atoms with E-state index < -0.39 is 0 Å². The largest absolute Gasteiger partial charge is 0.497 e. The van der Waals surface area contributed by atoms with Gasteiger partial charge in [-0.1, -0.05) is 13.3 Å². The standard InChI is InChI=1S/C21H26N2O4S/c1-4-5-6-20(24)22-15-7-10-17(11-8-15)28-14-21(25)23-18-13-16(26-2)9-12-19(18)27-3/h7-13H,4-6,14H2,1-3H3,(H,22,24)(H,23,25). The third kappa shape index (κ3) is 6.81. The Hall–Kier alpha value is -2.67. The molecule has 0 bridgehead atoms. The van der Waals surface area contributed by atoms with Crippen molar-refractivity contribution in [3.05, 3.63) is 42.5 Å². The van der Waals surface area contributed by atoms with Gasteiger partial charge in [-0.05, 0) is 42.8 Å². The van der Waals surface area contributed by atoms with Crippen molar-refractivity contribution < 1.29 is 19.1 Å². The van der Waals surface area contributed by atoms with Gasteiger partial charge < -0.3 is 20.1 Å². The van der Waals surface area contributed by atoms with E-state index in [1.165, 1.54) is 11.8 Å². The predicted molar refractivity (Wildman–Crippen MR) is 113 cm³/mol. The molecule has 0 fully saturated rings. The van der Waals surface area contributed by atoms with Crippen molar-refractivity contribution in [1.29, 1.82) is 0 Å². The smallest absolute Gasteiger partial charge is 0.234 e. The second-order valence-electron chi connectivity index (χ2n) is 6.08. The molecule has 2 aromatic rings. The summed E-state index contributed by atoms with van der Waals surface area (Å²) < 4.78 is 10.4. The maximum atomic E-state index is 12.3. The second-order valence-corrected chi connectivity index (χ2v) is 7.13. The van der Waals surface area contributed by atoms with E-state index in [2.05, 4.69) is 17.6 Å². The number of thioether (sulfide) groups is 1. The lowest BCUT2D eigenvalue weighted by Crippen LogP contribution is -2.14. The molecule has 0 atom stereocenters. The molecule has 2 amide bonds. The molecule has 0 saturated carbocycles. The summed E-state index contributed by atoms with van der Waals surface area (Å²) in [5.74, 6) is 1.34. The zero-order chi connectivity index (χ0) is 20.4. The van der Waals surface area contributed by atoms with Gasteiger partial charge >= 0.3 is 0 Å². The van der Waals surface area contributed by atoms with Crippen LogP contribution in [0.25, 0.3) is 0 Å². The van der Waals surface area contributed by atoms with Crippen LogP contribution in [-0.2, 0) is 9.59 Å². The summed E-state index contributed by atoms with van der Waals surface area (Å²) in [7, 11) is 3.12. The van der Waals surface area contributed by atoms with Crippen molar-refractivity contribution in [3.63, 3.8) is 0 Å². The summed E-state index contributed by atoms with van der Waals surface area (Å²) in [6.07, 6.45) is 2.40. The normalized spacial score (nSPS) is 10.2. The van der Waals surface area contributed by atoms with Crippen LogP contribution < -0.4 is 20.1 Å². The quantitative estimate of drug-likeness (QED) is 0.570. The number of hydrogen-bond donors (Lipinski definition) is 2. The number of carbonyl (C=O) groups is 2. The zero-order valence-electron chi connectivity index (χ0n) is 16.4. The lowest BCUT2D eigenvalue weighted by atomic mass is 10.2. The molecule has 2 rings (SSSR count). The molecule has 150 valence electrons. The summed E-state index contributed by atoms with van der Waals surface area (Å²) in [4.78, 5) is 25.0.